The molecule has 3 atom stereocenters. The Labute approximate surface area is 89.0 Å². The maximum Gasteiger partial charge on any atom is 0.0139 e. The molecule has 1 fully saturated rings. The molecule has 1 heterocycles. The predicted octanol–water partition coefficient (Wildman–Crippen LogP) is 3.37. The third-order valence-corrected chi connectivity index (χ3v) is 4.11. The largest absolute Gasteiger partial charge is 0.313 e. The molecule has 1 heteroatoms. The molecule has 3 unspecified atom stereocenters. The third-order valence-electron chi connectivity index (χ3n) is 4.11. The zero-order valence-electron chi connectivity index (χ0n) is 10.2. The second kappa shape index (κ2) is 4.48. The van der Waals surface area contributed by atoms with Gasteiger partial charge in [-0.05, 0) is 37.5 Å². The zero-order valence-corrected chi connectivity index (χ0v) is 10.2. The maximum absolute atomic E-state index is 4.08. The number of rotatable bonds is 5. The summed E-state index contributed by atoms with van der Waals surface area (Å²) in [5.41, 5.74) is 1.89. The highest BCUT2D eigenvalue weighted by Gasteiger charge is 2.41. The van der Waals surface area contributed by atoms with Gasteiger partial charge < -0.3 is 5.32 Å². The molecular weight excluding hydrogens is 170 g/mol. The lowest BCUT2D eigenvalue weighted by Gasteiger charge is -2.49. The van der Waals surface area contributed by atoms with Crippen LogP contribution >= 0.6 is 0 Å². The highest BCUT2D eigenvalue weighted by molar-refractivity contribution is 5.04. The lowest BCUT2D eigenvalue weighted by molar-refractivity contribution is 0.0813. The maximum atomic E-state index is 4.08. The SMILES string of the molecule is C=C(C)C(CC)CC1NCC1(C)CC. The molecule has 0 aromatic rings. The van der Waals surface area contributed by atoms with Crippen LogP contribution in [0.1, 0.15) is 47.0 Å². The van der Waals surface area contributed by atoms with E-state index in [2.05, 4.69) is 39.6 Å². The molecular formula is C13H25N. The van der Waals surface area contributed by atoms with Gasteiger partial charge in [0.1, 0.15) is 0 Å². The first-order valence-corrected chi connectivity index (χ1v) is 5.92. The van der Waals surface area contributed by atoms with E-state index in [9.17, 15) is 0 Å². The van der Waals surface area contributed by atoms with Crippen molar-refractivity contribution in [3.63, 3.8) is 0 Å². The molecule has 1 aliphatic heterocycles. The summed E-state index contributed by atoms with van der Waals surface area (Å²) in [6, 6.07) is 0.717. The molecule has 1 N–H and O–H groups in total. The van der Waals surface area contributed by atoms with Crippen LogP contribution in [-0.4, -0.2) is 12.6 Å². The Bertz CT molecular complexity index is 205. The van der Waals surface area contributed by atoms with E-state index in [0.29, 0.717) is 17.4 Å². The number of hydrogen-bond acceptors (Lipinski definition) is 1. The Morgan fingerprint density at radius 1 is 1.57 bits per heavy atom. The topological polar surface area (TPSA) is 12.0 Å². The van der Waals surface area contributed by atoms with Crippen LogP contribution in [0.5, 0.6) is 0 Å². The minimum atomic E-state index is 0.545. The Kier molecular flexibility index (Phi) is 3.77. The van der Waals surface area contributed by atoms with Crippen LogP contribution in [0.25, 0.3) is 0 Å². The lowest BCUT2D eigenvalue weighted by atomic mass is 9.69. The first-order valence-electron chi connectivity index (χ1n) is 5.92. The normalized spacial score (nSPS) is 33.6. The molecule has 0 bridgehead atoms. The van der Waals surface area contributed by atoms with Crippen molar-refractivity contribution >= 4 is 0 Å². The minimum absolute atomic E-state index is 0.545. The summed E-state index contributed by atoms with van der Waals surface area (Å²) in [7, 11) is 0. The van der Waals surface area contributed by atoms with Gasteiger partial charge in [-0.25, -0.2) is 0 Å². The number of allylic oxidation sites excluding steroid dienone is 1. The Morgan fingerprint density at radius 3 is 2.50 bits per heavy atom. The van der Waals surface area contributed by atoms with Gasteiger partial charge >= 0.3 is 0 Å². The molecule has 1 rings (SSSR count). The van der Waals surface area contributed by atoms with E-state index in [0.717, 1.165) is 0 Å². The quantitative estimate of drug-likeness (QED) is 0.663. The summed E-state index contributed by atoms with van der Waals surface area (Å²) >= 11 is 0. The molecule has 0 aromatic heterocycles. The van der Waals surface area contributed by atoms with Crippen LogP contribution in [0.2, 0.25) is 0 Å². The van der Waals surface area contributed by atoms with Crippen molar-refractivity contribution in [2.75, 3.05) is 6.54 Å². The van der Waals surface area contributed by atoms with Gasteiger partial charge in [-0.15, -0.1) is 0 Å². The molecule has 1 saturated heterocycles. The van der Waals surface area contributed by atoms with E-state index in [-0.39, 0.29) is 0 Å². The van der Waals surface area contributed by atoms with Crippen LogP contribution in [-0.2, 0) is 0 Å². The standard InChI is InChI=1S/C13H25N/c1-6-11(10(3)4)8-12-13(5,7-2)9-14-12/h11-12,14H,3,6-9H2,1-2,4-5H3. The van der Waals surface area contributed by atoms with Crippen LogP contribution in [0, 0.1) is 11.3 Å². The molecule has 14 heavy (non-hydrogen) atoms. The van der Waals surface area contributed by atoms with E-state index in [1.165, 1.54) is 31.4 Å². The molecule has 0 saturated carbocycles. The van der Waals surface area contributed by atoms with Gasteiger partial charge in [-0.1, -0.05) is 32.9 Å². The van der Waals surface area contributed by atoms with Gasteiger partial charge in [-0.2, -0.15) is 0 Å². The summed E-state index contributed by atoms with van der Waals surface area (Å²) < 4.78 is 0. The smallest absolute Gasteiger partial charge is 0.0139 e. The van der Waals surface area contributed by atoms with Crippen molar-refractivity contribution in [1.82, 2.24) is 5.32 Å². The first-order chi connectivity index (χ1) is 6.53. The van der Waals surface area contributed by atoms with E-state index >= 15 is 0 Å². The molecule has 0 spiro atoms. The van der Waals surface area contributed by atoms with Gasteiger partial charge in [-0.3, -0.25) is 0 Å². The van der Waals surface area contributed by atoms with Crippen molar-refractivity contribution in [3.05, 3.63) is 12.2 Å². The number of nitrogens with one attached hydrogen (secondary N) is 1. The fraction of sp³-hybridized carbons (Fsp3) is 0.846. The second-order valence-corrected chi connectivity index (χ2v) is 5.13. The van der Waals surface area contributed by atoms with Crippen molar-refractivity contribution in [1.29, 1.82) is 0 Å². The average Bonchev–Trinajstić information content (AvgIpc) is 2.15. The highest BCUT2D eigenvalue weighted by Crippen LogP contribution is 2.37. The summed E-state index contributed by atoms with van der Waals surface area (Å²) in [6.07, 6.45) is 3.79. The van der Waals surface area contributed by atoms with Crippen LogP contribution in [0.15, 0.2) is 12.2 Å². The zero-order chi connectivity index (χ0) is 10.8. The minimum Gasteiger partial charge on any atom is -0.313 e. The molecule has 1 nitrogen and oxygen atoms in total. The van der Waals surface area contributed by atoms with Gasteiger partial charge in [0.2, 0.25) is 0 Å². The molecule has 0 aliphatic carbocycles. The van der Waals surface area contributed by atoms with Gasteiger partial charge in [0, 0.05) is 12.6 Å². The first kappa shape index (κ1) is 11.8. The predicted molar refractivity (Wildman–Crippen MR) is 63.4 cm³/mol. The van der Waals surface area contributed by atoms with Gasteiger partial charge in [0.05, 0.1) is 0 Å². The summed E-state index contributed by atoms with van der Waals surface area (Å²) in [5, 5.41) is 3.57. The fourth-order valence-corrected chi connectivity index (χ4v) is 2.33. The van der Waals surface area contributed by atoms with Crippen molar-refractivity contribution in [2.45, 2.75) is 53.0 Å². The molecule has 1 aliphatic rings. The fourth-order valence-electron chi connectivity index (χ4n) is 2.33. The molecule has 82 valence electrons. The van der Waals surface area contributed by atoms with Crippen LogP contribution < -0.4 is 5.32 Å². The van der Waals surface area contributed by atoms with Crippen LogP contribution in [0.3, 0.4) is 0 Å². The second-order valence-electron chi connectivity index (χ2n) is 5.13. The van der Waals surface area contributed by atoms with Gasteiger partial charge in [0.15, 0.2) is 0 Å². The summed E-state index contributed by atoms with van der Waals surface area (Å²) in [4.78, 5) is 0. The van der Waals surface area contributed by atoms with Gasteiger partial charge in [0.25, 0.3) is 0 Å². The van der Waals surface area contributed by atoms with E-state index in [1.54, 1.807) is 0 Å². The third kappa shape index (κ3) is 2.20. The van der Waals surface area contributed by atoms with E-state index < -0.39 is 0 Å². The molecule has 0 aromatic carbocycles. The lowest BCUT2D eigenvalue weighted by Crippen LogP contribution is -2.61. The Morgan fingerprint density at radius 2 is 2.21 bits per heavy atom. The monoisotopic (exact) mass is 195 g/mol. The molecule has 0 radical (unpaired) electrons. The Balaban J connectivity index is 2.48. The van der Waals surface area contributed by atoms with E-state index in [4.69, 9.17) is 0 Å². The number of hydrogen-bond donors (Lipinski definition) is 1. The van der Waals surface area contributed by atoms with Crippen LogP contribution in [0.4, 0.5) is 0 Å². The average molecular weight is 195 g/mol. The van der Waals surface area contributed by atoms with Crippen molar-refractivity contribution < 1.29 is 0 Å². The molecule has 0 amide bonds. The van der Waals surface area contributed by atoms with E-state index in [1.807, 2.05) is 0 Å². The Hall–Kier alpha value is -0.300. The van der Waals surface area contributed by atoms with Crippen molar-refractivity contribution in [3.8, 4) is 0 Å². The summed E-state index contributed by atoms with van der Waals surface area (Å²) in [6.45, 7) is 14.4. The highest BCUT2D eigenvalue weighted by atomic mass is 15.0. The summed E-state index contributed by atoms with van der Waals surface area (Å²) in [5.74, 6) is 0.707. The van der Waals surface area contributed by atoms with Crippen molar-refractivity contribution in [2.24, 2.45) is 11.3 Å².